The Bertz CT molecular complexity index is 43.3. The van der Waals surface area contributed by atoms with Gasteiger partial charge in [0.05, 0.1) is 0 Å². The molecule has 0 spiro atoms. The number of halogens is 2. The van der Waals surface area contributed by atoms with Crippen LogP contribution >= 0.6 is 23.2 Å². The minimum absolute atomic E-state index is 0.140. The van der Waals surface area contributed by atoms with E-state index in [1.807, 2.05) is 0 Å². The molecule has 1 atom stereocenters. The summed E-state index contributed by atoms with van der Waals surface area (Å²) in [6.07, 6.45) is 0. The zero-order chi connectivity index (χ0) is 5.86. The SMILES string of the molecule is CC(C)C(Cl)CCl. The molecule has 2 heteroatoms. The maximum Gasteiger partial charge on any atom is 0.0494 e. The first-order valence-electron chi connectivity index (χ1n) is 2.38. The fourth-order valence-corrected chi connectivity index (χ4v) is 0.535. The van der Waals surface area contributed by atoms with E-state index in [-0.39, 0.29) is 5.38 Å². The molecule has 0 radical (unpaired) electrons. The maximum atomic E-state index is 5.67. The second-order valence-corrected chi connectivity index (χ2v) is 2.78. The van der Waals surface area contributed by atoms with Crippen molar-refractivity contribution in [3.05, 3.63) is 0 Å². The van der Waals surface area contributed by atoms with E-state index < -0.39 is 0 Å². The highest BCUT2D eigenvalue weighted by molar-refractivity contribution is 6.28. The molecule has 0 saturated carbocycles. The molecule has 0 aromatic rings. The second-order valence-electron chi connectivity index (χ2n) is 1.91. The van der Waals surface area contributed by atoms with Gasteiger partial charge in [-0.2, -0.15) is 0 Å². The van der Waals surface area contributed by atoms with Crippen LogP contribution in [0.25, 0.3) is 0 Å². The van der Waals surface area contributed by atoms with Crippen LogP contribution in [0, 0.1) is 5.92 Å². The zero-order valence-electron chi connectivity index (χ0n) is 4.62. The summed E-state index contributed by atoms with van der Waals surface area (Å²) in [7, 11) is 0. The second kappa shape index (κ2) is 3.57. The van der Waals surface area contributed by atoms with Crippen molar-refractivity contribution >= 4 is 23.2 Å². The van der Waals surface area contributed by atoms with Crippen molar-refractivity contribution in [3.8, 4) is 0 Å². The van der Waals surface area contributed by atoms with Crippen molar-refractivity contribution in [2.24, 2.45) is 5.92 Å². The summed E-state index contributed by atoms with van der Waals surface area (Å²) in [6, 6.07) is 0. The lowest BCUT2D eigenvalue weighted by atomic mass is 10.2. The topological polar surface area (TPSA) is 0 Å². The Kier molecular flexibility index (Phi) is 3.86. The third-order valence-electron chi connectivity index (χ3n) is 0.871. The molecule has 0 aliphatic heterocycles. The number of hydrogen-bond acceptors (Lipinski definition) is 0. The van der Waals surface area contributed by atoms with Gasteiger partial charge in [-0.05, 0) is 5.92 Å². The van der Waals surface area contributed by atoms with E-state index in [1.54, 1.807) is 0 Å². The fraction of sp³-hybridized carbons (Fsp3) is 1.00. The van der Waals surface area contributed by atoms with Gasteiger partial charge < -0.3 is 0 Å². The smallest absolute Gasteiger partial charge is 0.0494 e. The summed E-state index contributed by atoms with van der Waals surface area (Å²) < 4.78 is 0. The van der Waals surface area contributed by atoms with E-state index in [0.29, 0.717) is 11.8 Å². The molecule has 0 bridgehead atoms. The first kappa shape index (κ1) is 7.58. The van der Waals surface area contributed by atoms with E-state index in [2.05, 4.69) is 13.8 Å². The molecule has 0 fully saturated rings. The number of rotatable bonds is 2. The standard InChI is InChI=1S/C5H10Cl2/c1-4(2)5(7)3-6/h4-5H,3H2,1-2H3. The Morgan fingerprint density at radius 1 is 1.43 bits per heavy atom. The van der Waals surface area contributed by atoms with Gasteiger partial charge in [-0.1, -0.05) is 13.8 Å². The lowest BCUT2D eigenvalue weighted by molar-refractivity contribution is 0.638. The Morgan fingerprint density at radius 3 is 1.86 bits per heavy atom. The Balaban J connectivity index is 3.14. The molecule has 0 amide bonds. The highest BCUT2D eigenvalue weighted by Gasteiger charge is 2.05. The summed E-state index contributed by atoms with van der Waals surface area (Å²) in [5.74, 6) is 1.05. The fourth-order valence-electron chi connectivity index (χ4n) is 0.178. The van der Waals surface area contributed by atoms with E-state index in [1.165, 1.54) is 0 Å². The molecule has 0 nitrogen and oxygen atoms in total. The monoisotopic (exact) mass is 140 g/mol. The summed E-state index contributed by atoms with van der Waals surface area (Å²) in [4.78, 5) is 0. The van der Waals surface area contributed by atoms with Gasteiger partial charge in [0.15, 0.2) is 0 Å². The first-order valence-corrected chi connectivity index (χ1v) is 3.35. The third-order valence-corrected chi connectivity index (χ3v) is 2.02. The van der Waals surface area contributed by atoms with Crippen LogP contribution in [0.1, 0.15) is 13.8 Å². The largest absolute Gasteiger partial charge is 0.125 e. The van der Waals surface area contributed by atoms with E-state index >= 15 is 0 Å². The van der Waals surface area contributed by atoms with Crippen LogP contribution in [-0.2, 0) is 0 Å². The van der Waals surface area contributed by atoms with Crippen LogP contribution in [0.3, 0.4) is 0 Å². The van der Waals surface area contributed by atoms with Crippen LogP contribution in [0.2, 0.25) is 0 Å². The van der Waals surface area contributed by atoms with Crippen molar-refractivity contribution in [1.29, 1.82) is 0 Å². The van der Waals surface area contributed by atoms with Crippen molar-refractivity contribution in [2.75, 3.05) is 5.88 Å². The molecule has 0 aliphatic carbocycles. The van der Waals surface area contributed by atoms with Crippen molar-refractivity contribution in [2.45, 2.75) is 19.2 Å². The molecule has 0 N–H and O–H groups in total. The van der Waals surface area contributed by atoms with Crippen LogP contribution in [-0.4, -0.2) is 11.3 Å². The molecule has 0 aromatic carbocycles. The minimum atomic E-state index is 0.140. The Labute approximate surface area is 54.8 Å². The normalized spacial score (nSPS) is 15.0. The molecule has 0 saturated heterocycles. The van der Waals surface area contributed by atoms with Gasteiger partial charge >= 0.3 is 0 Å². The molecular weight excluding hydrogens is 131 g/mol. The molecule has 1 unspecified atom stereocenters. The van der Waals surface area contributed by atoms with Crippen LogP contribution in [0.4, 0.5) is 0 Å². The van der Waals surface area contributed by atoms with Gasteiger partial charge in [-0.25, -0.2) is 0 Å². The van der Waals surface area contributed by atoms with Gasteiger partial charge in [0.25, 0.3) is 0 Å². The number of alkyl halides is 2. The molecule has 0 heterocycles. The van der Waals surface area contributed by atoms with Gasteiger partial charge in [-0.15, -0.1) is 23.2 Å². The Hall–Kier alpha value is 0.580. The van der Waals surface area contributed by atoms with Gasteiger partial charge in [-0.3, -0.25) is 0 Å². The number of hydrogen-bond donors (Lipinski definition) is 0. The highest BCUT2D eigenvalue weighted by atomic mass is 35.5. The predicted molar refractivity (Wildman–Crippen MR) is 35.2 cm³/mol. The van der Waals surface area contributed by atoms with Gasteiger partial charge in [0.1, 0.15) is 0 Å². The summed E-state index contributed by atoms with van der Waals surface area (Å²) in [5, 5.41) is 0.140. The van der Waals surface area contributed by atoms with E-state index in [9.17, 15) is 0 Å². The first-order chi connectivity index (χ1) is 3.18. The van der Waals surface area contributed by atoms with Crippen molar-refractivity contribution < 1.29 is 0 Å². The Morgan fingerprint density at radius 2 is 1.86 bits per heavy atom. The van der Waals surface area contributed by atoms with E-state index in [4.69, 9.17) is 23.2 Å². The summed E-state index contributed by atoms with van der Waals surface area (Å²) >= 11 is 11.1. The summed E-state index contributed by atoms with van der Waals surface area (Å²) in [6.45, 7) is 4.11. The average Bonchev–Trinajstić information content (AvgIpc) is 1.65. The third kappa shape index (κ3) is 3.19. The quantitative estimate of drug-likeness (QED) is 0.518. The average molecular weight is 141 g/mol. The predicted octanol–water partition coefficient (Wildman–Crippen LogP) is 2.49. The lowest BCUT2D eigenvalue weighted by Gasteiger charge is -2.06. The van der Waals surface area contributed by atoms with E-state index in [0.717, 1.165) is 0 Å². The maximum absolute atomic E-state index is 5.67. The summed E-state index contributed by atoms with van der Waals surface area (Å²) in [5.41, 5.74) is 0. The molecule has 44 valence electrons. The molecule has 0 rings (SSSR count). The van der Waals surface area contributed by atoms with Crippen molar-refractivity contribution in [1.82, 2.24) is 0 Å². The van der Waals surface area contributed by atoms with Gasteiger partial charge in [0, 0.05) is 11.3 Å². The van der Waals surface area contributed by atoms with Crippen LogP contribution in [0.15, 0.2) is 0 Å². The van der Waals surface area contributed by atoms with Crippen molar-refractivity contribution in [3.63, 3.8) is 0 Å². The molecule has 0 aromatic heterocycles. The highest BCUT2D eigenvalue weighted by Crippen LogP contribution is 2.09. The zero-order valence-corrected chi connectivity index (χ0v) is 6.13. The van der Waals surface area contributed by atoms with Crippen LogP contribution in [0.5, 0.6) is 0 Å². The molecular formula is C5H10Cl2. The molecule has 0 aliphatic rings. The molecule has 7 heavy (non-hydrogen) atoms. The van der Waals surface area contributed by atoms with Crippen LogP contribution < -0.4 is 0 Å². The minimum Gasteiger partial charge on any atom is -0.125 e. The van der Waals surface area contributed by atoms with Gasteiger partial charge in [0.2, 0.25) is 0 Å². The lowest BCUT2D eigenvalue weighted by Crippen LogP contribution is -2.08.